The van der Waals surface area contributed by atoms with Crippen LogP contribution >= 0.6 is 0 Å². The third-order valence-electron chi connectivity index (χ3n) is 5.17. The van der Waals surface area contributed by atoms with Gasteiger partial charge in [0.05, 0.1) is 6.04 Å². The minimum atomic E-state index is -0.538. The van der Waals surface area contributed by atoms with E-state index in [4.69, 9.17) is 0 Å². The number of fused-ring (bicyclic) bond motifs is 1. The zero-order valence-electron chi connectivity index (χ0n) is 15.8. The Morgan fingerprint density at radius 1 is 1.27 bits per heavy atom. The number of carbonyl (C=O) groups is 2. The van der Waals surface area contributed by atoms with Gasteiger partial charge in [0.25, 0.3) is 5.91 Å². The maximum atomic E-state index is 13.3. The van der Waals surface area contributed by atoms with Gasteiger partial charge in [-0.2, -0.15) is 5.10 Å². The third kappa shape index (κ3) is 3.00. The van der Waals surface area contributed by atoms with Crippen LogP contribution in [0.4, 0.5) is 5.69 Å². The molecule has 0 fully saturated rings. The van der Waals surface area contributed by atoms with Crippen molar-refractivity contribution in [1.82, 2.24) is 15.1 Å². The molecule has 26 heavy (non-hydrogen) atoms. The normalized spacial score (nSPS) is 16.0. The van der Waals surface area contributed by atoms with Crippen molar-refractivity contribution in [3.05, 3.63) is 47.3 Å². The van der Waals surface area contributed by atoms with Gasteiger partial charge >= 0.3 is 0 Å². The topological polar surface area (TPSA) is 67.2 Å². The molecule has 6 nitrogen and oxygen atoms in total. The predicted molar refractivity (Wildman–Crippen MR) is 101 cm³/mol. The Bertz CT molecular complexity index is 823. The molecule has 0 spiro atoms. The van der Waals surface area contributed by atoms with Crippen LogP contribution in [-0.2, 0) is 11.2 Å². The highest BCUT2D eigenvalue weighted by molar-refractivity contribution is 6.10. The summed E-state index contributed by atoms with van der Waals surface area (Å²) in [7, 11) is 1.60. The first-order chi connectivity index (χ1) is 12.5. The summed E-state index contributed by atoms with van der Waals surface area (Å²) in [6, 6.07) is 9.23. The van der Waals surface area contributed by atoms with Gasteiger partial charge in [0.1, 0.15) is 6.04 Å². The van der Waals surface area contributed by atoms with Gasteiger partial charge in [-0.05, 0) is 37.5 Å². The Morgan fingerprint density at radius 2 is 1.96 bits per heavy atom. The zero-order chi connectivity index (χ0) is 18.8. The number of aromatic nitrogens is 2. The molecule has 2 aromatic rings. The maximum Gasteiger partial charge on any atom is 0.279 e. The van der Waals surface area contributed by atoms with E-state index in [-0.39, 0.29) is 17.9 Å². The Labute approximate surface area is 154 Å². The summed E-state index contributed by atoms with van der Waals surface area (Å²) in [5.74, 6) is -0.387. The van der Waals surface area contributed by atoms with E-state index in [1.807, 2.05) is 41.9 Å². The Morgan fingerprint density at radius 3 is 2.62 bits per heavy atom. The van der Waals surface area contributed by atoms with E-state index < -0.39 is 6.04 Å². The summed E-state index contributed by atoms with van der Waals surface area (Å²) in [5.41, 5.74) is 3.15. The molecular weight excluding hydrogens is 328 g/mol. The van der Waals surface area contributed by atoms with E-state index in [0.29, 0.717) is 12.1 Å². The van der Waals surface area contributed by atoms with Crippen LogP contribution in [0.2, 0.25) is 0 Å². The number of benzene rings is 1. The van der Waals surface area contributed by atoms with Crippen LogP contribution in [0.1, 0.15) is 54.5 Å². The molecule has 2 heterocycles. The molecule has 3 rings (SSSR count). The lowest BCUT2D eigenvalue weighted by Gasteiger charge is -2.23. The molecule has 1 aliphatic heterocycles. The van der Waals surface area contributed by atoms with Crippen LogP contribution in [0.5, 0.6) is 0 Å². The van der Waals surface area contributed by atoms with E-state index in [2.05, 4.69) is 24.3 Å². The zero-order valence-corrected chi connectivity index (χ0v) is 15.8. The first-order valence-corrected chi connectivity index (χ1v) is 9.20. The highest BCUT2D eigenvalue weighted by Gasteiger charge is 2.39. The second-order valence-corrected chi connectivity index (χ2v) is 6.72. The summed E-state index contributed by atoms with van der Waals surface area (Å²) in [6.45, 7) is 6.21. The Balaban J connectivity index is 1.99. The van der Waals surface area contributed by atoms with Crippen LogP contribution in [0.25, 0.3) is 0 Å². The van der Waals surface area contributed by atoms with E-state index in [1.165, 1.54) is 0 Å². The van der Waals surface area contributed by atoms with Gasteiger partial charge in [0.2, 0.25) is 5.91 Å². The van der Waals surface area contributed by atoms with Crippen LogP contribution in [0.3, 0.4) is 0 Å². The maximum absolute atomic E-state index is 13.3. The number of aryl methyl sites for hydroxylation is 1. The SMILES string of the molecule is CCC(CC)n1nc(C(=O)N2c3ccccc3CC2C(=O)NC)cc1C. The van der Waals surface area contributed by atoms with Gasteiger partial charge in [-0.3, -0.25) is 19.2 Å². The second kappa shape index (κ2) is 7.32. The fourth-order valence-electron chi connectivity index (χ4n) is 3.73. The van der Waals surface area contributed by atoms with Crippen LogP contribution < -0.4 is 10.2 Å². The summed E-state index contributed by atoms with van der Waals surface area (Å²) in [5, 5.41) is 7.26. The summed E-state index contributed by atoms with van der Waals surface area (Å²) < 4.78 is 1.93. The molecule has 0 bridgehead atoms. The molecule has 2 amide bonds. The standard InChI is InChI=1S/C20H26N4O2/c1-5-15(6-2)24-13(3)11-16(22-24)20(26)23-17-10-8-7-9-14(17)12-18(23)19(25)21-4/h7-11,15,18H,5-6,12H2,1-4H3,(H,21,25). The molecule has 138 valence electrons. The number of para-hydroxylation sites is 1. The van der Waals surface area contributed by atoms with Gasteiger partial charge < -0.3 is 5.32 Å². The number of likely N-dealkylation sites (N-methyl/N-ethyl adjacent to an activating group) is 1. The molecule has 1 atom stereocenters. The minimum absolute atomic E-state index is 0.161. The molecule has 0 aliphatic carbocycles. The number of rotatable bonds is 5. The number of nitrogens with one attached hydrogen (secondary N) is 1. The summed E-state index contributed by atoms with van der Waals surface area (Å²) in [6.07, 6.45) is 2.44. The Kier molecular flexibility index (Phi) is 5.11. The van der Waals surface area contributed by atoms with E-state index >= 15 is 0 Å². The van der Waals surface area contributed by atoms with Crippen molar-refractivity contribution < 1.29 is 9.59 Å². The van der Waals surface area contributed by atoms with Crippen molar-refractivity contribution in [3.8, 4) is 0 Å². The van der Waals surface area contributed by atoms with Crippen molar-refractivity contribution in [2.75, 3.05) is 11.9 Å². The van der Waals surface area contributed by atoms with E-state index in [9.17, 15) is 9.59 Å². The lowest BCUT2D eigenvalue weighted by molar-refractivity contribution is -0.121. The number of anilines is 1. The average molecular weight is 354 g/mol. The minimum Gasteiger partial charge on any atom is -0.357 e. The number of nitrogens with zero attached hydrogens (tertiary/aromatic N) is 3. The van der Waals surface area contributed by atoms with Gasteiger partial charge in [-0.25, -0.2) is 0 Å². The van der Waals surface area contributed by atoms with Crippen molar-refractivity contribution in [2.45, 2.75) is 52.1 Å². The van der Waals surface area contributed by atoms with Crippen LogP contribution in [-0.4, -0.2) is 34.7 Å². The highest BCUT2D eigenvalue weighted by atomic mass is 16.2. The molecule has 1 unspecified atom stereocenters. The average Bonchev–Trinajstić information content (AvgIpc) is 3.23. The van der Waals surface area contributed by atoms with Crippen LogP contribution in [0, 0.1) is 6.92 Å². The van der Waals surface area contributed by atoms with E-state index in [0.717, 1.165) is 29.8 Å². The number of amides is 2. The fourth-order valence-corrected chi connectivity index (χ4v) is 3.73. The molecule has 1 aliphatic rings. The van der Waals surface area contributed by atoms with Gasteiger partial charge in [-0.1, -0.05) is 32.0 Å². The molecule has 0 radical (unpaired) electrons. The molecule has 6 heteroatoms. The van der Waals surface area contributed by atoms with Crippen molar-refractivity contribution in [3.63, 3.8) is 0 Å². The molecule has 1 N–H and O–H groups in total. The van der Waals surface area contributed by atoms with Crippen LogP contribution in [0.15, 0.2) is 30.3 Å². The molecule has 0 saturated carbocycles. The molecule has 1 aromatic carbocycles. The molecule has 1 aromatic heterocycles. The number of hydrogen-bond acceptors (Lipinski definition) is 3. The molecule has 0 saturated heterocycles. The van der Waals surface area contributed by atoms with Crippen molar-refractivity contribution in [2.24, 2.45) is 0 Å². The largest absolute Gasteiger partial charge is 0.357 e. The first-order valence-electron chi connectivity index (χ1n) is 9.20. The van der Waals surface area contributed by atoms with Gasteiger partial charge in [0.15, 0.2) is 5.69 Å². The second-order valence-electron chi connectivity index (χ2n) is 6.72. The number of hydrogen-bond donors (Lipinski definition) is 1. The monoisotopic (exact) mass is 354 g/mol. The van der Waals surface area contributed by atoms with Gasteiger partial charge in [0, 0.05) is 24.8 Å². The van der Waals surface area contributed by atoms with E-state index in [1.54, 1.807) is 11.9 Å². The smallest absolute Gasteiger partial charge is 0.279 e. The summed E-state index contributed by atoms with van der Waals surface area (Å²) in [4.78, 5) is 27.2. The Hall–Kier alpha value is -2.63. The lowest BCUT2D eigenvalue weighted by Crippen LogP contribution is -2.47. The molecular formula is C20H26N4O2. The highest BCUT2D eigenvalue weighted by Crippen LogP contribution is 2.33. The van der Waals surface area contributed by atoms with Gasteiger partial charge in [-0.15, -0.1) is 0 Å². The first kappa shape index (κ1) is 18.2. The van der Waals surface area contributed by atoms with Crippen molar-refractivity contribution >= 4 is 17.5 Å². The fraction of sp³-hybridized carbons (Fsp3) is 0.450. The third-order valence-corrected chi connectivity index (χ3v) is 5.17. The quantitative estimate of drug-likeness (QED) is 0.898. The predicted octanol–water partition coefficient (Wildman–Crippen LogP) is 2.87. The summed E-state index contributed by atoms with van der Waals surface area (Å²) >= 11 is 0. The number of carbonyl (C=O) groups excluding carboxylic acids is 2. The lowest BCUT2D eigenvalue weighted by atomic mass is 10.1. The van der Waals surface area contributed by atoms with Crippen molar-refractivity contribution in [1.29, 1.82) is 0 Å².